The van der Waals surface area contributed by atoms with Gasteiger partial charge in [-0.1, -0.05) is 71.9 Å². The van der Waals surface area contributed by atoms with Gasteiger partial charge in [0.25, 0.3) is 5.56 Å². The highest BCUT2D eigenvalue weighted by atomic mass is 35.5. The average Bonchev–Trinajstić information content (AvgIpc) is 3.24. The molecule has 0 aliphatic rings. The van der Waals surface area contributed by atoms with Crippen LogP contribution in [0.15, 0.2) is 94.9 Å². The van der Waals surface area contributed by atoms with Crippen LogP contribution >= 0.6 is 34.7 Å². The predicted octanol–water partition coefficient (Wildman–Crippen LogP) is 8.03. The highest BCUT2D eigenvalue weighted by Crippen LogP contribution is 2.37. The minimum Gasteiger partial charge on any atom is -0.494 e. The average molecular weight is 533 g/mol. The summed E-state index contributed by atoms with van der Waals surface area (Å²) in [5.74, 6) is 1.66. The fraction of sp³-hybridized carbons (Fsp3) is 0.172. The molecule has 0 saturated heterocycles. The number of benzene rings is 3. The predicted molar refractivity (Wildman–Crippen MR) is 152 cm³/mol. The van der Waals surface area contributed by atoms with Crippen LogP contribution in [-0.4, -0.2) is 21.9 Å². The molecule has 0 saturated carbocycles. The Morgan fingerprint density at radius 3 is 2.36 bits per heavy atom. The summed E-state index contributed by atoms with van der Waals surface area (Å²) in [7, 11) is 0. The zero-order chi connectivity index (χ0) is 24.9. The molecular formula is C29H25ClN2O2S2. The number of nitrogens with zero attached hydrogens (tertiary/aromatic N) is 2. The SMILES string of the molecule is Cc1sc2nc(SCCCCOc3ccc(Cl)cc3)n(-c3ccccc3)c(=O)c2c1-c1ccccc1. The van der Waals surface area contributed by atoms with E-state index in [9.17, 15) is 4.79 Å². The van der Waals surface area contributed by atoms with E-state index in [1.807, 2.05) is 72.8 Å². The van der Waals surface area contributed by atoms with Gasteiger partial charge in [-0.3, -0.25) is 9.36 Å². The van der Waals surface area contributed by atoms with Crippen molar-refractivity contribution in [3.63, 3.8) is 0 Å². The van der Waals surface area contributed by atoms with Crippen LogP contribution in [0.2, 0.25) is 5.02 Å². The topological polar surface area (TPSA) is 44.1 Å². The van der Waals surface area contributed by atoms with Crippen molar-refractivity contribution < 1.29 is 4.74 Å². The van der Waals surface area contributed by atoms with Crippen molar-refractivity contribution in [2.24, 2.45) is 0 Å². The van der Waals surface area contributed by atoms with Crippen LogP contribution in [0.3, 0.4) is 0 Å². The van der Waals surface area contributed by atoms with Crippen molar-refractivity contribution in [2.45, 2.75) is 24.9 Å². The lowest BCUT2D eigenvalue weighted by Gasteiger charge is -2.13. The van der Waals surface area contributed by atoms with Gasteiger partial charge in [0.2, 0.25) is 0 Å². The molecule has 0 fully saturated rings. The van der Waals surface area contributed by atoms with Crippen molar-refractivity contribution in [1.29, 1.82) is 0 Å². The molecule has 0 spiro atoms. The molecule has 0 radical (unpaired) electrons. The van der Waals surface area contributed by atoms with Gasteiger partial charge in [-0.2, -0.15) is 0 Å². The number of fused-ring (bicyclic) bond motifs is 1. The first-order chi connectivity index (χ1) is 17.6. The smallest absolute Gasteiger partial charge is 0.268 e. The van der Waals surface area contributed by atoms with Gasteiger partial charge in [0, 0.05) is 21.2 Å². The Bertz CT molecular complexity index is 1520. The number of rotatable bonds is 9. The molecule has 3 aromatic carbocycles. The van der Waals surface area contributed by atoms with Crippen molar-refractivity contribution in [3.05, 3.63) is 105 Å². The third-order valence-electron chi connectivity index (χ3n) is 5.80. The van der Waals surface area contributed by atoms with Gasteiger partial charge in [0.15, 0.2) is 5.16 Å². The summed E-state index contributed by atoms with van der Waals surface area (Å²) in [6.07, 6.45) is 1.85. The highest BCUT2D eigenvalue weighted by molar-refractivity contribution is 7.99. The maximum Gasteiger partial charge on any atom is 0.268 e. The lowest BCUT2D eigenvalue weighted by atomic mass is 10.0. The second kappa shape index (κ2) is 11.3. The first-order valence-corrected chi connectivity index (χ1v) is 14.0. The van der Waals surface area contributed by atoms with Gasteiger partial charge in [0.1, 0.15) is 10.6 Å². The van der Waals surface area contributed by atoms with Crippen molar-refractivity contribution in [2.75, 3.05) is 12.4 Å². The standard InChI is InChI=1S/C29H25ClN2O2S2/c1-20-25(21-10-4-2-5-11-21)26-27(36-20)31-29(32(28(26)33)23-12-6-3-7-13-23)35-19-9-8-18-34-24-16-14-22(30)15-17-24/h2-7,10-17H,8-9,18-19H2,1H3. The van der Waals surface area contributed by atoms with Crippen LogP contribution in [0.4, 0.5) is 0 Å². The van der Waals surface area contributed by atoms with Gasteiger partial charge in [0.05, 0.1) is 17.7 Å². The molecule has 4 nitrogen and oxygen atoms in total. The molecule has 2 heterocycles. The third-order valence-corrected chi connectivity index (χ3v) is 8.08. The van der Waals surface area contributed by atoms with E-state index < -0.39 is 0 Å². The Hall–Kier alpha value is -3.06. The van der Waals surface area contributed by atoms with E-state index >= 15 is 0 Å². The Morgan fingerprint density at radius 1 is 0.944 bits per heavy atom. The molecule has 5 rings (SSSR count). The maximum absolute atomic E-state index is 14.0. The lowest BCUT2D eigenvalue weighted by molar-refractivity contribution is 0.310. The van der Waals surface area contributed by atoms with Gasteiger partial charge in [-0.25, -0.2) is 4.98 Å². The van der Waals surface area contributed by atoms with Crippen LogP contribution in [0, 0.1) is 6.92 Å². The van der Waals surface area contributed by atoms with E-state index in [1.165, 1.54) is 0 Å². The quantitative estimate of drug-likeness (QED) is 0.109. The molecule has 7 heteroatoms. The van der Waals surface area contributed by atoms with Crippen molar-refractivity contribution >= 4 is 44.9 Å². The summed E-state index contributed by atoms with van der Waals surface area (Å²) >= 11 is 9.13. The molecule has 36 heavy (non-hydrogen) atoms. The summed E-state index contributed by atoms with van der Waals surface area (Å²) in [4.78, 5) is 20.8. The van der Waals surface area contributed by atoms with E-state index in [0.29, 0.717) is 17.0 Å². The van der Waals surface area contributed by atoms with Crippen LogP contribution in [-0.2, 0) is 0 Å². The minimum absolute atomic E-state index is 0.0250. The van der Waals surface area contributed by atoms with E-state index in [0.717, 1.165) is 56.0 Å². The summed E-state index contributed by atoms with van der Waals surface area (Å²) in [6.45, 7) is 2.69. The Morgan fingerprint density at radius 2 is 1.64 bits per heavy atom. The number of para-hydroxylation sites is 1. The number of halogens is 1. The molecule has 5 aromatic rings. The fourth-order valence-electron chi connectivity index (χ4n) is 4.09. The molecule has 0 bridgehead atoms. The largest absolute Gasteiger partial charge is 0.494 e. The summed E-state index contributed by atoms with van der Waals surface area (Å²) in [6, 6.07) is 27.3. The zero-order valence-corrected chi connectivity index (χ0v) is 22.2. The number of hydrogen-bond donors (Lipinski definition) is 0. The summed E-state index contributed by atoms with van der Waals surface area (Å²) in [5.41, 5.74) is 2.82. The molecule has 0 amide bonds. The van der Waals surface area contributed by atoms with E-state index in [2.05, 4.69) is 19.1 Å². The minimum atomic E-state index is -0.0250. The van der Waals surface area contributed by atoms with Gasteiger partial charge >= 0.3 is 0 Å². The first-order valence-electron chi connectivity index (χ1n) is 11.8. The maximum atomic E-state index is 14.0. The molecule has 2 aromatic heterocycles. The van der Waals surface area contributed by atoms with Gasteiger partial charge in [-0.05, 0) is 61.7 Å². The van der Waals surface area contributed by atoms with E-state index in [4.69, 9.17) is 21.3 Å². The van der Waals surface area contributed by atoms with Gasteiger partial charge in [-0.15, -0.1) is 11.3 Å². The Labute approximate surface area is 223 Å². The van der Waals surface area contributed by atoms with E-state index in [-0.39, 0.29) is 5.56 Å². The molecule has 0 aliphatic carbocycles. The zero-order valence-electron chi connectivity index (χ0n) is 19.8. The van der Waals surface area contributed by atoms with Crippen LogP contribution < -0.4 is 10.3 Å². The van der Waals surface area contributed by atoms with Crippen LogP contribution in [0.25, 0.3) is 27.0 Å². The second-order valence-electron chi connectivity index (χ2n) is 8.31. The number of aryl methyl sites for hydroxylation is 1. The highest BCUT2D eigenvalue weighted by Gasteiger charge is 2.20. The number of ether oxygens (including phenoxy) is 1. The molecule has 0 atom stereocenters. The molecular weight excluding hydrogens is 508 g/mol. The molecule has 0 aliphatic heterocycles. The molecule has 0 unspecified atom stereocenters. The lowest BCUT2D eigenvalue weighted by Crippen LogP contribution is -2.21. The number of hydrogen-bond acceptors (Lipinski definition) is 5. The number of unbranched alkanes of at least 4 members (excludes halogenated alkanes) is 1. The van der Waals surface area contributed by atoms with Crippen LogP contribution in [0.1, 0.15) is 17.7 Å². The summed E-state index contributed by atoms with van der Waals surface area (Å²) in [5, 5.41) is 2.11. The first kappa shape index (κ1) is 24.6. The van der Waals surface area contributed by atoms with E-state index in [1.54, 1.807) is 27.7 Å². The van der Waals surface area contributed by atoms with Crippen molar-refractivity contribution in [1.82, 2.24) is 9.55 Å². The fourth-order valence-corrected chi connectivity index (χ4v) is 6.31. The normalized spacial score (nSPS) is 11.2. The Balaban J connectivity index is 1.40. The number of thiophene rings is 1. The third kappa shape index (κ3) is 5.36. The number of thioether (sulfide) groups is 1. The Kier molecular flexibility index (Phi) is 7.75. The summed E-state index contributed by atoms with van der Waals surface area (Å²) < 4.78 is 7.56. The molecule has 182 valence electrons. The monoisotopic (exact) mass is 532 g/mol. The molecule has 0 N–H and O–H groups in total. The van der Waals surface area contributed by atoms with Gasteiger partial charge < -0.3 is 4.74 Å². The number of aromatic nitrogens is 2. The second-order valence-corrected chi connectivity index (χ2v) is 11.0. The van der Waals surface area contributed by atoms with Crippen molar-refractivity contribution in [3.8, 4) is 22.6 Å². The van der Waals surface area contributed by atoms with Crippen LogP contribution in [0.5, 0.6) is 5.75 Å².